The average Bonchev–Trinajstić information content (AvgIpc) is 2.73. The van der Waals surface area contributed by atoms with Crippen molar-refractivity contribution in [3.8, 4) is 0 Å². The molecule has 1 aromatic carbocycles. The SMILES string of the molecule is CN(C)C[C@@H]1CSCCCN1C(=O)CCSc1ccccc1. The fourth-order valence-corrected chi connectivity index (χ4v) is 4.57. The van der Waals surface area contributed by atoms with E-state index in [0.29, 0.717) is 18.4 Å². The fourth-order valence-electron chi connectivity index (χ4n) is 2.65. The predicted octanol–water partition coefficient (Wildman–Crippen LogP) is 3.06. The number of nitrogens with zero attached hydrogens (tertiary/aromatic N) is 2. The zero-order valence-electron chi connectivity index (χ0n) is 13.5. The van der Waals surface area contributed by atoms with Crippen molar-refractivity contribution in [3.63, 3.8) is 0 Å². The van der Waals surface area contributed by atoms with Crippen LogP contribution in [0.25, 0.3) is 0 Å². The molecule has 1 aliphatic rings. The van der Waals surface area contributed by atoms with Gasteiger partial charge in [0.05, 0.1) is 6.04 Å². The lowest BCUT2D eigenvalue weighted by molar-refractivity contribution is -0.132. The molecule has 0 spiro atoms. The summed E-state index contributed by atoms with van der Waals surface area (Å²) in [6, 6.07) is 10.7. The molecule has 5 heteroatoms. The van der Waals surface area contributed by atoms with Crippen LogP contribution in [-0.2, 0) is 4.79 Å². The van der Waals surface area contributed by atoms with Crippen LogP contribution in [0.3, 0.4) is 0 Å². The molecule has 0 aliphatic carbocycles. The summed E-state index contributed by atoms with van der Waals surface area (Å²) >= 11 is 3.75. The molecule has 1 aliphatic heterocycles. The van der Waals surface area contributed by atoms with Crippen molar-refractivity contribution in [1.29, 1.82) is 0 Å². The third kappa shape index (κ3) is 5.86. The topological polar surface area (TPSA) is 23.6 Å². The molecule has 0 bridgehead atoms. The average molecular weight is 339 g/mol. The van der Waals surface area contributed by atoms with E-state index in [1.807, 2.05) is 30.0 Å². The highest BCUT2D eigenvalue weighted by Crippen LogP contribution is 2.21. The van der Waals surface area contributed by atoms with E-state index >= 15 is 0 Å². The van der Waals surface area contributed by atoms with Gasteiger partial charge in [-0.25, -0.2) is 0 Å². The molecule has 3 nitrogen and oxygen atoms in total. The molecule has 0 aromatic heterocycles. The number of carbonyl (C=O) groups excluding carboxylic acids is 1. The first kappa shape index (κ1) is 17.7. The molecular formula is C17H26N2OS2. The van der Waals surface area contributed by atoms with Gasteiger partial charge in [-0.05, 0) is 38.4 Å². The van der Waals surface area contributed by atoms with Gasteiger partial charge < -0.3 is 9.80 Å². The lowest BCUT2D eigenvalue weighted by Crippen LogP contribution is -2.46. The lowest BCUT2D eigenvalue weighted by Gasteiger charge is -2.31. The van der Waals surface area contributed by atoms with Gasteiger partial charge in [0.15, 0.2) is 0 Å². The van der Waals surface area contributed by atoms with E-state index in [0.717, 1.165) is 31.0 Å². The standard InChI is InChI=1S/C17H26N2OS2/c1-18(2)13-15-14-21-11-6-10-19(15)17(20)9-12-22-16-7-4-3-5-8-16/h3-5,7-8,15H,6,9-14H2,1-2H3/t15-/m1/s1. The van der Waals surface area contributed by atoms with Crippen molar-refractivity contribution in [1.82, 2.24) is 9.80 Å². The van der Waals surface area contributed by atoms with Crippen LogP contribution in [0.4, 0.5) is 0 Å². The highest BCUT2D eigenvalue weighted by Gasteiger charge is 2.25. The molecule has 0 saturated carbocycles. The molecule has 1 amide bonds. The van der Waals surface area contributed by atoms with Gasteiger partial charge in [0.25, 0.3) is 0 Å². The third-order valence-corrected chi connectivity index (χ3v) is 5.87. The van der Waals surface area contributed by atoms with E-state index in [2.05, 4.69) is 36.0 Å². The van der Waals surface area contributed by atoms with E-state index in [1.165, 1.54) is 10.6 Å². The zero-order valence-corrected chi connectivity index (χ0v) is 15.2. The number of benzene rings is 1. The minimum absolute atomic E-state index is 0.317. The highest BCUT2D eigenvalue weighted by atomic mass is 32.2. The van der Waals surface area contributed by atoms with Crippen LogP contribution in [0.1, 0.15) is 12.8 Å². The molecule has 22 heavy (non-hydrogen) atoms. The molecule has 0 radical (unpaired) electrons. The number of carbonyl (C=O) groups is 1. The Balaban J connectivity index is 1.85. The van der Waals surface area contributed by atoms with E-state index in [-0.39, 0.29) is 0 Å². The fraction of sp³-hybridized carbons (Fsp3) is 0.588. The van der Waals surface area contributed by atoms with Crippen molar-refractivity contribution < 1.29 is 4.79 Å². The van der Waals surface area contributed by atoms with Gasteiger partial charge in [-0.3, -0.25) is 4.79 Å². The van der Waals surface area contributed by atoms with Gasteiger partial charge in [0.1, 0.15) is 0 Å². The van der Waals surface area contributed by atoms with Crippen LogP contribution in [0.5, 0.6) is 0 Å². The first-order valence-corrected chi connectivity index (χ1v) is 10.0. The molecule has 1 atom stereocenters. The largest absolute Gasteiger partial charge is 0.338 e. The number of likely N-dealkylation sites (N-methyl/N-ethyl adjacent to an activating group) is 1. The second kappa shape index (κ2) is 9.48. The molecule has 1 aromatic rings. The lowest BCUT2D eigenvalue weighted by atomic mass is 10.2. The van der Waals surface area contributed by atoms with Crippen LogP contribution in [-0.4, -0.2) is 66.2 Å². The van der Waals surface area contributed by atoms with Gasteiger partial charge in [0, 0.05) is 35.9 Å². The molecule has 1 fully saturated rings. The van der Waals surface area contributed by atoms with Crippen molar-refractivity contribution in [2.24, 2.45) is 0 Å². The van der Waals surface area contributed by atoms with E-state index in [9.17, 15) is 4.79 Å². The third-order valence-electron chi connectivity index (χ3n) is 3.66. The molecular weight excluding hydrogens is 312 g/mol. The summed E-state index contributed by atoms with van der Waals surface area (Å²) in [6.07, 6.45) is 1.75. The Morgan fingerprint density at radius 2 is 2.14 bits per heavy atom. The van der Waals surface area contributed by atoms with Crippen LogP contribution in [0.2, 0.25) is 0 Å². The van der Waals surface area contributed by atoms with Crippen molar-refractivity contribution >= 4 is 29.4 Å². The van der Waals surface area contributed by atoms with Crippen LogP contribution in [0, 0.1) is 0 Å². The Morgan fingerprint density at radius 1 is 1.36 bits per heavy atom. The van der Waals surface area contributed by atoms with Crippen molar-refractivity contribution in [2.45, 2.75) is 23.8 Å². The summed E-state index contributed by atoms with van der Waals surface area (Å²) in [5.74, 6) is 3.42. The summed E-state index contributed by atoms with van der Waals surface area (Å²) in [7, 11) is 4.17. The monoisotopic (exact) mass is 338 g/mol. The second-order valence-electron chi connectivity index (χ2n) is 5.84. The maximum atomic E-state index is 12.6. The Morgan fingerprint density at radius 3 is 2.86 bits per heavy atom. The van der Waals surface area contributed by atoms with Gasteiger partial charge in [-0.2, -0.15) is 11.8 Å². The Hall–Kier alpha value is -0.650. The Labute approximate surface area is 142 Å². The van der Waals surface area contributed by atoms with Crippen LogP contribution in [0.15, 0.2) is 35.2 Å². The summed E-state index contributed by atoms with van der Waals surface area (Å²) in [5.41, 5.74) is 0. The van der Waals surface area contributed by atoms with E-state index < -0.39 is 0 Å². The summed E-state index contributed by atoms with van der Waals surface area (Å²) in [6.45, 7) is 1.88. The molecule has 2 rings (SSSR count). The normalized spacial score (nSPS) is 19.2. The maximum absolute atomic E-state index is 12.6. The summed E-state index contributed by atoms with van der Waals surface area (Å²) in [4.78, 5) is 18.2. The molecule has 0 N–H and O–H groups in total. The molecule has 1 heterocycles. The molecule has 1 saturated heterocycles. The van der Waals surface area contributed by atoms with Crippen molar-refractivity contribution in [3.05, 3.63) is 30.3 Å². The number of amides is 1. The second-order valence-corrected chi connectivity index (χ2v) is 8.16. The van der Waals surface area contributed by atoms with Crippen LogP contribution < -0.4 is 0 Å². The number of hydrogen-bond acceptors (Lipinski definition) is 4. The summed E-state index contributed by atoms with van der Waals surface area (Å²) in [5, 5.41) is 0. The summed E-state index contributed by atoms with van der Waals surface area (Å²) < 4.78 is 0. The smallest absolute Gasteiger partial charge is 0.223 e. The van der Waals surface area contributed by atoms with Gasteiger partial charge in [-0.1, -0.05) is 18.2 Å². The Bertz CT molecular complexity index is 453. The van der Waals surface area contributed by atoms with Gasteiger partial charge in [0.2, 0.25) is 5.91 Å². The van der Waals surface area contributed by atoms with Gasteiger partial charge in [-0.15, -0.1) is 11.8 Å². The van der Waals surface area contributed by atoms with E-state index in [1.54, 1.807) is 11.8 Å². The Kier molecular flexibility index (Phi) is 7.63. The first-order valence-electron chi connectivity index (χ1n) is 7.86. The van der Waals surface area contributed by atoms with Gasteiger partial charge >= 0.3 is 0 Å². The highest BCUT2D eigenvalue weighted by molar-refractivity contribution is 7.99. The molecule has 0 unspecified atom stereocenters. The van der Waals surface area contributed by atoms with Crippen LogP contribution >= 0.6 is 23.5 Å². The predicted molar refractivity (Wildman–Crippen MR) is 97.8 cm³/mol. The number of thioether (sulfide) groups is 2. The quantitative estimate of drug-likeness (QED) is 0.744. The number of hydrogen-bond donors (Lipinski definition) is 0. The van der Waals surface area contributed by atoms with E-state index in [4.69, 9.17) is 0 Å². The molecule has 122 valence electrons. The zero-order chi connectivity index (χ0) is 15.8. The minimum Gasteiger partial charge on any atom is -0.338 e. The number of rotatable bonds is 6. The van der Waals surface area contributed by atoms with Crippen molar-refractivity contribution in [2.75, 3.05) is 44.4 Å². The minimum atomic E-state index is 0.317. The first-order chi connectivity index (χ1) is 10.7. The maximum Gasteiger partial charge on any atom is 0.223 e.